The largest absolute Gasteiger partial charge is 0.373 e. The van der Waals surface area contributed by atoms with Crippen LogP contribution in [0, 0.1) is 0 Å². The molecule has 0 saturated carbocycles. The Kier molecular flexibility index (Phi) is 4.12. The van der Waals surface area contributed by atoms with E-state index in [1.807, 2.05) is 0 Å². The van der Waals surface area contributed by atoms with Gasteiger partial charge in [-0.15, -0.1) is 0 Å². The molecule has 4 nitrogen and oxygen atoms in total. The molecule has 1 heterocycles. The van der Waals surface area contributed by atoms with Crippen LogP contribution in [0.1, 0.15) is 38.5 Å². The lowest BCUT2D eigenvalue weighted by atomic mass is 10.1. The fourth-order valence-corrected chi connectivity index (χ4v) is 1.32. The first-order chi connectivity index (χ1) is 6.08. The minimum Gasteiger partial charge on any atom is -0.373 e. The van der Waals surface area contributed by atoms with Gasteiger partial charge in [0.2, 0.25) is 0 Å². The normalized spacial score (nSPS) is 21.9. The van der Waals surface area contributed by atoms with Crippen molar-refractivity contribution in [3.63, 3.8) is 0 Å². The standard InChI is InChI=1S/C9H18O4/c10-9(11,12)6-4-2-1-3-5-8-7-13-8/h8,10-12H,1-7H2. The third-order valence-corrected chi connectivity index (χ3v) is 2.19. The number of hydrogen-bond acceptors (Lipinski definition) is 4. The second kappa shape index (κ2) is 4.91. The van der Waals surface area contributed by atoms with E-state index in [-0.39, 0.29) is 6.42 Å². The number of epoxide rings is 1. The van der Waals surface area contributed by atoms with Crippen LogP contribution >= 0.6 is 0 Å². The first kappa shape index (κ1) is 10.9. The van der Waals surface area contributed by atoms with E-state index >= 15 is 0 Å². The molecule has 0 bridgehead atoms. The van der Waals surface area contributed by atoms with E-state index in [9.17, 15) is 0 Å². The number of rotatable bonds is 7. The summed E-state index contributed by atoms with van der Waals surface area (Å²) in [5.74, 6) is -2.47. The molecule has 1 unspecified atom stereocenters. The Morgan fingerprint density at radius 3 is 2.23 bits per heavy atom. The van der Waals surface area contributed by atoms with Gasteiger partial charge in [0, 0.05) is 6.42 Å². The Hall–Kier alpha value is -0.160. The smallest absolute Gasteiger partial charge is 0.275 e. The lowest BCUT2D eigenvalue weighted by Crippen LogP contribution is -2.26. The van der Waals surface area contributed by atoms with E-state index in [0.29, 0.717) is 12.5 Å². The quantitative estimate of drug-likeness (QED) is 0.308. The van der Waals surface area contributed by atoms with E-state index in [1.54, 1.807) is 0 Å². The van der Waals surface area contributed by atoms with Gasteiger partial charge in [-0.25, -0.2) is 0 Å². The molecule has 1 aliphatic heterocycles. The van der Waals surface area contributed by atoms with E-state index in [4.69, 9.17) is 20.1 Å². The molecule has 78 valence electrons. The Labute approximate surface area is 78.1 Å². The van der Waals surface area contributed by atoms with Crippen LogP contribution in [0.3, 0.4) is 0 Å². The van der Waals surface area contributed by atoms with Crippen LogP contribution in [0.2, 0.25) is 0 Å². The zero-order chi connectivity index (χ0) is 9.73. The summed E-state index contributed by atoms with van der Waals surface area (Å²) in [6.07, 6.45) is 5.41. The van der Waals surface area contributed by atoms with Gasteiger partial charge >= 0.3 is 0 Å². The second-order valence-electron chi connectivity index (χ2n) is 3.68. The van der Waals surface area contributed by atoms with Crippen LogP contribution in [-0.4, -0.2) is 34.0 Å². The first-order valence-corrected chi connectivity index (χ1v) is 4.87. The molecular formula is C9H18O4. The van der Waals surface area contributed by atoms with E-state index < -0.39 is 5.97 Å². The summed E-state index contributed by atoms with van der Waals surface area (Å²) in [5.41, 5.74) is 0. The Morgan fingerprint density at radius 2 is 1.69 bits per heavy atom. The summed E-state index contributed by atoms with van der Waals surface area (Å²) in [6, 6.07) is 0. The molecule has 0 aromatic rings. The summed E-state index contributed by atoms with van der Waals surface area (Å²) in [6.45, 7) is 0.910. The van der Waals surface area contributed by atoms with Crippen LogP contribution in [0.4, 0.5) is 0 Å². The predicted molar refractivity (Wildman–Crippen MR) is 46.8 cm³/mol. The fourth-order valence-electron chi connectivity index (χ4n) is 1.32. The van der Waals surface area contributed by atoms with Crippen LogP contribution in [0.5, 0.6) is 0 Å². The van der Waals surface area contributed by atoms with E-state index in [0.717, 1.165) is 32.3 Å². The minimum absolute atomic E-state index is 0.0347. The highest BCUT2D eigenvalue weighted by Crippen LogP contribution is 2.18. The SMILES string of the molecule is OC(O)(O)CCCCCCC1CO1. The van der Waals surface area contributed by atoms with Gasteiger partial charge in [0.05, 0.1) is 12.7 Å². The lowest BCUT2D eigenvalue weighted by molar-refractivity contribution is -0.315. The fraction of sp³-hybridized carbons (Fsp3) is 1.00. The average Bonchev–Trinajstić information content (AvgIpc) is 2.77. The zero-order valence-corrected chi connectivity index (χ0v) is 7.78. The maximum absolute atomic E-state index is 8.56. The van der Waals surface area contributed by atoms with Gasteiger partial charge in [0.15, 0.2) is 0 Å². The van der Waals surface area contributed by atoms with Gasteiger partial charge in [0.25, 0.3) is 5.97 Å². The number of unbranched alkanes of at least 4 members (excludes halogenated alkanes) is 3. The third-order valence-electron chi connectivity index (χ3n) is 2.19. The Balaban J connectivity index is 1.78. The molecule has 13 heavy (non-hydrogen) atoms. The summed E-state index contributed by atoms with van der Waals surface area (Å²) >= 11 is 0. The van der Waals surface area contributed by atoms with E-state index in [2.05, 4.69) is 0 Å². The summed E-state index contributed by atoms with van der Waals surface area (Å²) in [4.78, 5) is 0. The first-order valence-electron chi connectivity index (χ1n) is 4.87. The van der Waals surface area contributed by atoms with Crippen molar-refractivity contribution in [3.8, 4) is 0 Å². The Bertz CT molecular complexity index is 137. The minimum atomic E-state index is -2.47. The Morgan fingerprint density at radius 1 is 1.08 bits per heavy atom. The number of aliphatic hydroxyl groups is 3. The summed E-state index contributed by atoms with van der Waals surface area (Å²) in [7, 11) is 0. The van der Waals surface area contributed by atoms with Gasteiger partial charge < -0.3 is 20.1 Å². The molecule has 0 aromatic carbocycles. The van der Waals surface area contributed by atoms with Crippen molar-refractivity contribution in [3.05, 3.63) is 0 Å². The monoisotopic (exact) mass is 190 g/mol. The summed E-state index contributed by atoms with van der Waals surface area (Å²) < 4.78 is 5.05. The van der Waals surface area contributed by atoms with Crippen LogP contribution in [-0.2, 0) is 4.74 Å². The molecule has 4 heteroatoms. The summed E-state index contributed by atoms with van der Waals surface area (Å²) in [5, 5.41) is 25.7. The van der Waals surface area contributed by atoms with Gasteiger partial charge in [-0.05, 0) is 12.8 Å². The molecule has 0 aromatic heterocycles. The van der Waals surface area contributed by atoms with Crippen molar-refractivity contribution < 1.29 is 20.1 Å². The highest BCUT2D eigenvalue weighted by atomic mass is 16.7. The lowest BCUT2D eigenvalue weighted by Gasteiger charge is -2.12. The average molecular weight is 190 g/mol. The van der Waals surface area contributed by atoms with Gasteiger partial charge in [0.1, 0.15) is 0 Å². The molecule has 0 amide bonds. The van der Waals surface area contributed by atoms with Gasteiger partial charge in [-0.2, -0.15) is 0 Å². The van der Waals surface area contributed by atoms with Crippen molar-refractivity contribution in [2.45, 2.75) is 50.6 Å². The molecule has 0 spiro atoms. The predicted octanol–water partition coefficient (Wildman–Crippen LogP) is 0.357. The molecule has 1 saturated heterocycles. The molecular weight excluding hydrogens is 172 g/mol. The van der Waals surface area contributed by atoms with Crippen molar-refractivity contribution in [2.24, 2.45) is 0 Å². The van der Waals surface area contributed by atoms with Crippen LogP contribution < -0.4 is 0 Å². The molecule has 0 aliphatic carbocycles. The molecule has 1 fully saturated rings. The second-order valence-corrected chi connectivity index (χ2v) is 3.68. The van der Waals surface area contributed by atoms with Crippen molar-refractivity contribution in [1.82, 2.24) is 0 Å². The third kappa shape index (κ3) is 6.95. The number of hydrogen-bond donors (Lipinski definition) is 3. The van der Waals surface area contributed by atoms with Crippen molar-refractivity contribution >= 4 is 0 Å². The maximum Gasteiger partial charge on any atom is 0.275 e. The molecule has 3 N–H and O–H groups in total. The van der Waals surface area contributed by atoms with Crippen molar-refractivity contribution in [2.75, 3.05) is 6.61 Å². The highest BCUT2D eigenvalue weighted by Gasteiger charge is 2.21. The zero-order valence-electron chi connectivity index (χ0n) is 7.78. The topological polar surface area (TPSA) is 73.2 Å². The number of ether oxygens (including phenoxy) is 1. The van der Waals surface area contributed by atoms with Crippen molar-refractivity contribution in [1.29, 1.82) is 0 Å². The maximum atomic E-state index is 8.56. The molecule has 1 aliphatic rings. The van der Waals surface area contributed by atoms with Gasteiger partial charge in [-0.3, -0.25) is 0 Å². The van der Waals surface area contributed by atoms with E-state index in [1.165, 1.54) is 0 Å². The molecule has 0 radical (unpaired) electrons. The highest BCUT2D eigenvalue weighted by molar-refractivity contribution is 4.68. The van der Waals surface area contributed by atoms with Crippen LogP contribution in [0.25, 0.3) is 0 Å². The van der Waals surface area contributed by atoms with Gasteiger partial charge in [-0.1, -0.05) is 19.3 Å². The van der Waals surface area contributed by atoms with Crippen LogP contribution in [0.15, 0.2) is 0 Å². The molecule has 1 rings (SSSR count). The molecule has 1 atom stereocenters.